The molecule has 0 fully saturated rings. The molecule has 30 heavy (non-hydrogen) atoms. The number of H-pyrrole nitrogens is 1. The van der Waals surface area contributed by atoms with Crippen LogP contribution >= 0.6 is 0 Å². The summed E-state index contributed by atoms with van der Waals surface area (Å²) in [7, 11) is 1.37. The number of hydrogen-bond acceptors (Lipinski definition) is 4. The van der Waals surface area contributed by atoms with Crippen molar-refractivity contribution in [3.8, 4) is 11.1 Å². The molecule has 1 aliphatic rings. The lowest BCUT2D eigenvalue weighted by atomic mass is 10.0. The van der Waals surface area contributed by atoms with Crippen molar-refractivity contribution in [2.75, 3.05) is 11.9 Å². The van der Waals surface area contributed by atoms with E-state index in [-0.39, 0.29) is 22.7 Å². The van der Waals surface area contributed by atoms with Gasteiger partial charge in [-0.1, -0.05) is 6.07 Å². The highest BCUT2D eigenvalue weighted by molar-refractivity contribution is 5.74. The van der Waals surface area contributed by atoms with Gasteiger partial charge < -0.3 is 10.2 Å². The zero-order valence-electron chi connectivity index (χ0n) is 16.1. The summed E-state index contributed by atoms with van der Waals surface area (Å²) in [6.45, 7) is 2.39. The Morgan fingerprint density at radius 1 is 1.30 bits per heavy atom. The van der Waals surface area contributed by atoms with Gasteiger partial charge in [-0.25, -0.2) is 4.39 Å². The summed E-state index contributed by atoms with van der Waals surface area (Å²) in [5.74, 6) is -0.430. The van der Waals surface area contributed by atoms with Crippen LogP contribution in [0.2, 0.25) is 0 Å². The van der Waals surface area contributed by atoms with Gasteiger partial charge in [-0.05, 0) is 17.7 Å². The second-order valence-corrected chi connectivity index (χ2v) is 7.10. The van der Waals surface area contributed by atoms with Crippen LogP contribution in [0.5, 0.6) is 0 Å². The molecule has 0 radical (unpaired) electrons. The van der Waals surface area contributed by atoms with Crippen molar-refractivity contribution in [2.24, 2.45) is 7.05 Å². The minimum atomic E-state index is -4.65. The molecule has 1 amide bonds. The standard InChI is InChI=1S/C19H18F4N6O/c1-10(30)29-6-5-15-13(9-29)18(26-25-15)24-16-4-3-11(7-14(16)20)12-8-28(2)27-17(12)19(21,22)23/h3-4,7-8H,5-6,9H2,1-2H3,(H2,24,25,26). The molecule has 11 heteroatoms. The van der Waals surface area contributed by atoms with Gasteiger partial charge in [0, 0.05) is 50.0 Å². The van der Waals surface area contributed by atoms with Crippen LogP contribution in [0.25, 0.3) is 11.1 Å². The molecule has 0 saturated heterocycles. The SMILES string of the molecule is CC(=O)N1CCc2[nH]nc(Nc3ccc(-c4cn(C)nc4C(F)(F)F)cc3F)c2C1. The lowest BCUT2D eigenvalue weighted by Gasteiger charge is -2.25. The second kappa shape index (κ2) is 7.15. The zero-order valence-corrected chi connectivity index (χ0v) is 16.1. The van der Waals surface area contributed by atoms with E-state index in [9.17, 15) is 22.4 Å². The van der Waals surface area contributed by atoms with Crippen molar-refractivity contribution in [1.82, 2.24) is 24.9 Å². The number of amides is 1. The molecule has 1 aliphatic heterocycles. The van der Waals surface area contributed by atoms with E-state index >= 15 is 0 Å². The first-order valence-electron chi connectivity index (χ1n) is 9.13. The average molecular weight is 422 g/mol. The topological polar surface area (TPSA) is 78.8 Å². The van der Waals surface area contributed by atoms with E-state index < -0.39 is 17.7 Å². The summed E-state index contributed by atoms with van der Waals surface area (Å²) in [4.78, 5) is 13.3. The highest BCUT2D eigenvalue weighted by Gasteiger charge is 2.37. The number of fused-ring (bicyclic) bond motifs is 1. The number of hydrogen-bond donors (Lipinski definition) is 2. The van der Waals surface area contributed by atoms with Crippen molar-refractivity contribution in [3.63, 3.8) is 0 Å². The van der Waals surface area contributed by atoms with Crippen molar-refractivity contribution < 1.29 is 22.4 Å². The molecular weight excluding hydrogens is 404 g/mol. The summed E-state index contributed by atoms with van der Waals surface area (Å²) in [6.07, 6.45) is -2.85. The minimum absolute atomic E-state index is 0.0605. The molecule has 7 nitrogen and oxygen atoms in total. The van der Waals surface area contributed by atoms with Crippen molar-refractivity contribution in [3.05, 3.63) is 47.2 Å². The van der Waals surface area contributed by atoms with Crippen LogP contribution in [0.1, 0.15) is 23.9 Å². The van der Waals surface area contributed by atoms with Gasteiger partial charge >= 0.3 is 6.18 Å². The summed E-state index contributed by atoms with van der Waals surface area (Å²) in [6, 6.07) is 3.76. The first kappa shape index (κ1) is 19.9. The number of alkyl halides is 3. The fourth-order valence-corrected chi connectivity index (χ4v) is 3.49. The number of carbonyl (C=O) groups is 1. The molecule has 0 unspecified atom stereocenters. The summed E-state index contributed by atoms with van der Waals surface area (Å²) in [5.41, 5.74) is 0.458. The van der Waals surface area contributed by atoms with Crippen LogP contribution in [-0.2, 0) is 31.0 Å². The summed E-state index contributed by atoms with van der Waals surface area (Å²) in [5, 5.41) is 13.4. The van der Waals surface area contributed by atoms with Gasteiger partial charge in [0.1, 0.15) is 5.82 Å². The maximum absolute atomic E-state index is 14.7. The normalized spacial score (nSPS) is 14.0. The molecule has 0 bridgehead atoms. The van der Waals surface area contributed by atoms with Crippen molar-refractivity contribution >= 4 is 17.4 Å². The zero-order chi connectivity index (χ0) is 21.6. The first-order valence-corrected chi connectivity index (χ1v) is 9.13. The number of aromatic amines is 1. The van der Waals surface area contributed by atoms with Gasteiger partial charge in [0.05, 0.1) is 12.2 Å². The predicted molar refractivity (Wildman–Crippen MR) is 100 cm³/mol. The van der Waals surface area contributed by atoms with Gasteiger partial charge in [0.15, 0.2) is 11.5 Å². The van der Waals surface area contributed by atoms with Gasteiger partial charge in [-0.15, -0.1) is 0 Å². The predicted octanol–water partition coefficient (Wildman–Crippen LogP) is 3.62. The molecule has 0 spiro atoms. The van der Waals surface area contributed by atoms with E-state index in [2.05, 4.69) is 20.6 Å². The molecule has 158 valence electrons. The molecule has 2 aromatic heterocycles. The molecule has 2 N–H and O–H groups in total. The molecule has 3 aromatic rings. The Morgan fingerprint density at radius 3 is 2.73 bits per heavy atom. The van der Waals surface area contributed by atoms with E-state index in [1.165, 1.54) is 32.3 Å². The van der Waals surface area contributed by atoms with Crippen LogP contribution < -0.4 is 5.32 Å². The van der Waals surface area contributed by atoms with Gasteiger partial charge in [-0.3, -0.25) is 14.6 Å². The van der Waals surface area contributed by atoms with Crippen LogP contribution in [0.15, 0.2) is 24.4 Å². The third kappa shape index (κ3) is 3.62. The number of rotatable bonds is 3. The molecular formula is C19H18F4N6O. The second-order valence-electron chi connectivity index (χ2n) is 7.10. The van der Waals surface area contributed by atoms with E-state index in [1.54, 1.807) is 4.90 Å². The van der Waals surface area contributed by atoms with Gasteiger partial charge in [0.25, 0.3) is 0 Å². The van der Waals surface area contributed by atoms with Crippen LogP contribution in [-0.4, -0.2) is 37.3 Å². The smallest absolute Gasteiger partial charge is 0.338 e. The minimum Gasteiger partial charge on any atom is -0.338 e. The number of nitrogens with zero attached hydrogens (tertiary/aromatic N) is 4. The van der Waals surface area contributed by atoms with Crippen LogP contribution in [0.4, 0.5) is 29.1 Å². The summed E-state index contributed by atoms with van der Waals surface area (Å²) < 4.78 is 55.4. The highest BCUT2D eigenvalue weighted by atomic mass is 19.4. The molecule has 0 aliphatic carbocycles. The van der Waals surface area contributed by atoms with Crippen LogP contribution in [0.3, 0.4) is 0 Å². The number of aromatic nitrogens is 4. The Hall–Kier alpha value is -3.37. The Labute approximate surface area is 168 Å². The number of carbonyl (C=O) groups excluding carboxylic acids is 1. The lowest BCUT2D eigenvalue weighted by molar-refractivity contribution is -0.141. The lowest BCUT2D eigenvalue weighted by Crippen LogP contribution is -2.34. The number of benzene rings is 1. The third-order valence-corrected chi connectivity index (χ3v) is 5.01. The monoisotopic (exact) mass is 422 g/mol. The highest BCUT2D eigenvalue weighted by Crippen LogP contribution is 2.37. The molecule has 0 saturated carbocycles. The quantitative estimate of drug-likeness (QED) is 0.632. The molecule has 4 rings (SSSR count). The largest absolute Gasteiger partial charge is 0.435 e. The maximum Gasteiger partial charge on any atom is 0.435 e. The van der Waals surface area contributed by atoms with Crippen molar-refractivity contribution in [2.45, 2.75) is 26.1 Å². The van der Waals surface area contributed by atoms with Gasteiger partial charge in [0.2, 0.25) is 5.91 Å². The Morgan fingerprint density at radius 2 is 2.07 bits per heavy atom. The Balaban J connectivity index is 1.63. The number of nitrogens with one attached hydrogen (secondary N) is 2. The molecule has 3 heterocycles. The number of anilines is 2. The average Bonchev–Trinajstić information content (AvgIpc) is 3.26. The van der Waals surface area contributed by atoms with Crippen LogP contribution in [0, 0.1) is 5.82 Å². The van der Waals surface area contributed by atoms with E-state index in [0.717, 1.165) is 22.0 Å². The number of aryl methyl sites for hydroxylation is 1. The van der Waals surface area contributed by atoms with E-state index in [1.807, 2.05) is 0 Å². The van der Waals surface area contributed by atoms with Gasteiger partial charge in [-0.2, -0.15) is 23.4 Å². The maximum atomic E-state index is 14.7. The fourth-order valence-electron chi connectivity index (χ4n) is 3.49. The van der Waals surface area contributed by atoms with Crippen molar-refractivity contribution in [1.29, 1.82) is 0 Å². The Kier molecular flexibility index (Phi) is 4.75. The summed E-state index contributed by atoms with van der Waals surface area (Å²) >= 11 is 0. The first-order chi connectivity index (χ1) is 14.1. The molecule has 1 aromatic carbocycles. The Bertz CT molecular complexity index is 1120. The molecule has 0 atom stereocenters. The third-order valence-electron chi connectivity index (χ3n) is 5.01. The van der Waals surface area contributed by atoms with E-state index in [4.69, 9.17) is 0 Å². The fraction of sp³-hybridized carbons (Fsp3) is 0.316. The number of halogens is 4. The van der Waals surface area contributed by atoms with E-state index in [0.29, 0.717) is 25.3 Å².